The molecule has 1 amide bonds. The molecule has 6 heteroatoms. The molecule has 0 spiro atoms. The summed E-state index contributed by atoms with van der Waals surface area (Å²) < 4.78 is 10.3. The number of amides is 1. The van der Waals surface area contributed by atoms with Crippen molar-refractivity contribution in [2.24, 2.45) is 5.92 Å². The number of likely N-dealkylation sites (N-methyl/N-ethyl adjacent to an activating group) is 1. The summed E-state index contributed by atoms with van der Waals surface area (Å²) in [7, 11) is 0. The molecule has 0 unspecified atom stereocenters. The van der Waals surface area contributed by atoms with Crippen molar-refractivity contribution in [3.8, 4) is 0 Å². The normalized spacial score (nSPS) is 22.4. The van der Waals surface area contributed by atoms with Crippen LogP contribution in [-0.4, -0.2) is 53.0 Å². The molecule has 1 aliphatic heterocycles. The fourth-order valence-electron chi connectivity index (χ4n) is 2.43. The maximum absolute atomic E-state index is 12.4. The lowest BCUT2D eigenvalue weighted by Crippen LogP contribution is -2.46. The molecule has 6 nitrogen and oxygen atoms in total. The van der Waals surface area contributed by atoms with Gasteiger partial charge in [-0.25, -0.2) is 0 Å². The highest BCUT2D eigenvalue weighted by molar-refractivity contribution is 5.91. The second kappa shape index (κ2) is 6.37. The van der Waals surface area contributed by atoms with Crippen molar-refractivity contribution < 1.29 is 19.2 Å². The average Bonchev–Trinajstić information content (AvgIpc) is 3.00. The Hall–Kier alpha value is -1.40. The van der Waals surface area contributed by atoms with Crippen molar-refractivity contribution in [1.29, 1.82) is 0 Å². The van der Waals surface area contributed by atoms with Gasteiger partial charge in [0, 0.05) is 12.6 Å². The van der Waals surface area contributed by atoms with Gasteiger partial charge >= 0.3 is 0 Å². The van der Waals surface area contributed by atoms with E-state index >= 15 is 0 Å². The molecule has 0 radical (unpaired) electrons. The van der Waals surface area contributed by atoms with Crippen molar-refractivity contribution in [3.05, 3.63) is 17.5 Å². The summed E-state index contributed by atoms with van der Waals surface area (Å²) >= 11 is 0. The van der Waals surface area contributed by atoms with Crippen LogP contribution >= 0.6 is 0 Å². The van der Waals surface area contributed by atoms with Crippen LogP contribution in [0.15, 0.2) is 10.6 Å². The summed E-state index contributed by atoms with van der Waals surface area (Å²) in [4.78, 5) is 14.0. The first kappa shape index (κ1) is 15.0. The minimum Gasteiger partial charge on any atom is -0.388 e. The maximum atomic E-state index is 12.4. The van der Waals surface area contributed by atoms with Gasteiger partial charge in [-0.15, -0.1) is 0 Å². The first-order valence-electron chi connectivity index (χ1n) is 7.05. The highest BCUT2D eigenvalue weighted by atomic mass is 16.5. The molecule has 0 bridgehead atoms. The first-order valence-corrected chi connectivity index (χ1v) is 7.05. The van der Waals surface area contributed by atoms with E-state index in [0.29, 0.717) is 19.1 Å². The van der Waals surface area contributed by atoms with Crippen LogP contribution in [0.3, 0.4) is 0 Å². The van der Waals surface area contributed by atoms with Crippen LogP contribution in [0, 0.1) is 5.92 Å². The van der Waals surface area contributed by atoms with Crippen molar-refractivity contribution in [3.63, 3.8) is 0 Å². The predicted molar refractivity (Wildman–Crippen MR) is 72.4 cm³/mol. The molecule has 2 atom stereocenters. The van der Waals surface area contributed by atoms with Crippen LogP contribution in [0.1, 0.15) is 37.0 Å². The molecule has 0 aliphatic carbocycles. The summed E-state index contributed by atoms with van der Waals surface area (Å²) in [6.45, 7) is 7.15. The minimum atomic E-state index is -0.642. The lowest BCUT2D eigenvalue weighted by atomic mass is 10.1. The van der Waals surface area contributed by atoms with Gasteiger partial charge < -0.3 is 19.3 Å². The number of aliphatic hydroxyl groups excluding tert-OH is 1. The van der Waals surface area contributed by atoms with Gasteiger partial charge in [-0.05, 0) is 19.3 Å². The highest BCUT2D eigenvalue weighted by Gasteiger charge is 2.35. The number of hydrogen-bond donors (Lipinski definition) is 1. The second-order valence-electron chi connectivity index (χ2n) is 5.54. The second-order valence-corrected chi connectivity index (χ2v) is 5.54. The number of carbonyl (C=O) groups excluding carboxylic acids is 1. The Balaban J connectivity index is 2.10. The molecule has 0 aromatic carbocycles. The SMILES string of the molecule is CCN(C(=O)c1cc(CC(C)C)no1)[C@H]1COC[C@@H]1O. The van der Waals surface area contributed by atoms with Crippen molar-refractivity contribution >= 4 is 5.91 Å². The molecule has 1 aliphatic rings. The summed E-state index contributed by atoms with van der Waals surface area (Å²) in [5.41, 5.74) is 0.780. The number of ether oxygens (including phenoxy) is 1. The van der Waals surface area contributed by atoms with E-state index in [9.17, 15) is 9.90 Å². The number of nitrogens with zero attached hydrogens (tertiary/aromatic N) is 2. The van der Waals surface area contributed by atoms with Gasteiger partial charge in [0.05, 0.1) is 31.1 Å². The van der Waals surface area contributed by atoms with Crippen LogP contribution in [0.25, 0.3) is 0 Å². The Labute approximate surface area is 118 Å². The molecular weight excluding hydrogens is 260 g/mol. The highest BCUT2D eigenvalue weighted by Crippen LogP contribution is 2.18. The van der Waals surface area contributed by atoms with Gasteiger partial charge in [0.25, 0.3) is 5.91 Å². The summed E-state index contributed by atoms with van der Waals surface area (Å²) in [6.07, 6.45) is 0.134. The third-order valence-corrected chi connectivity index (χ3v) is 3.41. The number of aromatic nitrogens is 1. The molecule has 1 N–H and O–H groups in total. The Bertz CT molecular complexity index is 458. The number of hydrogen-bond acceptors (Lipinski definition) is 5. The Morgan fingerprint density at radius 1 is 1.55 bits per heavy atom. The quantitative estimate of drug-likeness (QED) is 0.875. The molecule has 0 saturated carbocycles. The van der Waals surface area contributed by atoms with E-state index in [1.807, 2.05) is 6.92 Å². The molecule has 112 valence electrons. The monoisotopic (exact) mass is 282 g/mol. The zero-order valence-electron chi connectivity index (χ0n) is 12.2. The number of aliphatic hydroxyl groups is 1. The minimum absolute atomic E-state index is 0.224. The Morgan fingerprint density at radius 2 is 2.30 bits per heavy atom. The van der Waals surface area contributed by atoms with E-state index in [2.05, 4.69) is 19.0 Å². The van der Waals surface area contributed by atoms with Crippen molar-refractivity contribution in [2.45, 2.75) is 39.3 Å². The van der Waals surface area contributed by atoms with E-state index in [0.717, 1.165) is 12.1 Å². The predicted octanol–water partition coefficient (Wildman–Crippen LogP) is 1.09. The third-order valence-electron chi connectivity index (χ3n) is 3.41. The lowest BCUT2D eigenvalue weighted by molar-refractivity contribution is 0.0484. The largest absolute Gasteiger partial charge is 0.388 e. The van der Waals surface area contributed by atoms with Gasteiger partial charge in [-0.1, -0.05) is 19.0 Å². The van der Waals surface area contributed by atoms with E-state index < -0.39 is 6.10 Å². The summed E-state index contributed by atoms with van der Waals surface area (Å²) in [5, 5.41) is 13.8. The fraction of sp³-hybridized carbons (Fsp3) is 0.714. The van der Waals surface area contributed by atoms with E-state index in [-0.39, 0.29) is 24.3 Å². The summed E-state index contributed by atoms with van der Waals surface area (Å²) in [5.74, 6) is 0.432. The van der Waals surface area contributed by atoms with Gasteiger partial charge in [0.15, 0.2) is 0 Å². The first-order chi connectivity index (χ1) is 9.52. The van der Waals surface area contributed by atoms with Crippen LogP contribution in [-0.2, 0) is 11.2 Å². The molecular formula is C14H22N2O4. The van der Waals surface area contributed by atoms with Crippen LogP contribution < -0.4 is 0 Å². The fourth-order valence-corrected chi connectivity index (χ4v) is 2.43. The van der Waals surface area contributed by atoms with Gasteiger partial charge in [-0.2, -0.15) is 0 Å². The standard InChI is InChI=1S/C14H22N2O4/c1-4-16(11-7-19-8-12(11)17)14(18)13-6-10(15-20-13)5-9(2)3/h6,9,11-12,17H,4-5,7-8H2,1-3H3/t11-,12-/m0/s1. The Morgan fingerprint density at radius 3 is 2.85 bits per heavy atom. The van der Waals surface area contributed by atoms with Crippen molar-refractivity contribution in [1.82, 2.24) is 10.1 Å². The molecule has 2 heterocycles. The van der Waals surface area contributed by atoms with E-state index in [1.54, 1.807) is 11.0 Å². The van der Waals surface area contributed by atoms with Gasteiger partial charge in [0.2, 0.25) is 5.76 Å². The van der Waals surface area contributed by atoms with Gasteiger partial charge in [0.1, 0.15) is 0 Å². The van der Waals surface area contributed by atoms with Crippen LogP contribution in [0.2, 0.25) is 0 Å². The van der Waals surface area contributed by atoms with E-state index in [4.69, 9.17) is 9.26 Å². The van der Waals surface area contributed by atoms with E-state index in [1.165, 1.54) is 0 Å². The van der Waals surface area contributed by atoms with Crippen LogP contribution in [0.4, 0.5) is 0 Å². The summed E-state index contributed by atoms with van der Waals surface area (Å²) in [6, 6.07) is 1.37. The molecule has 2 rings (SSSR count). The Kier molecular flexibility index (Phi) is 4.77. The zero-order valence-corrected chi connectivity index (χ0v) is 12.2. The molecule has 1 fully saturated rings. The number of rotatable bonds is 5. The van der Waals surface area contributed by atoms with Gasteiger partial charge in [-0.3, -0.25) is 4.79 Å². The third kappa shape index (κ3) is 3.19. The molecule has 1 aromatic rings. The number of carbonyl (C=O) groups is 1. The smallest absolute Gasteiger partial charge is 0.292 e. The topological polar surface area (TPSA) is 75.8 Å². The van der Waals surface area contributed by atoms with Crippen molar-refractivity contribution in [2.75, 3.05) is 19.8 Å². The average molecular weight is 282 g/mol. The lowest BCUT2D eigenvalue weighted by Gasteiger charge is -2.27. The zero-order chi connectivity index (χ0) is 14.7. The van der Waals surface area contributed by atoms with Crippen LogP contribution in [0.5, 0.6) is 0 Å². The molecule has 1 aromatic heterocycles. The maximum Gasteiger partial charge on any atom is 0.292 e. The molecule has 1 saturated heterocycles. The molecule has 20 heavy (non-hydrogen) atoms.